The van der Waals surface area contributed by atoms with Crippen LogP contribution < -0.4 is 5.32 Å². The summed E-state index contributed by atoms with van der Waals surface area (Å²) in [6, 6.07) is 0.550. The number of nitrogens with one attached hydrogen (secondary N) is 1. The summed E-state index contributed by atoms with van der Waals surface area (Å²) in [4.78, 5) is 0. The van der Waals surface area contributed by atoms with Crippen LogP contribution in [0.15, 0.2) is 0 Å². The van der Waals surface area contributed by atoms with Crippen LogP contribution in [0, 0.1) is 11.8 Å². The van der Waals surface area contributed by atoms with E-state index >= 15 is 0 Å². The molecule has 108 valence electrons. The lowest BCUT2D eigenvalue weighted by atomic mass is 10.0. The van der Waals surface area contributed by atoms with Gasteiger partial charge in [-0.2, -0.15) is 0 Å². The molecule has 1 aliphatic rings. The van der Waals surface area contributed by atoms with E-state index in [4.69, 9.17) is 0 Å². The van der Waals surface area contributed by atoms with Crippen molar-refractivity contribution >= 4 is 9.84 Å². The maximum absolute atomic E-state index is 12.0. The van der Waals surface area contributed by atoms with Gasteiger partial charge in [-0.05, 0) is 37.6 Å². The Labute approximate surface area is 113 Å². The zero-order valence-corrected chi connectivity index (χ0v) is 12.9. The lowest BCUT2D eigenvalue weighted by molar-refractivity contribution is 0.397. The fraction of sp³-hybridized carbons (Fsp3) is 1.00. The summed E-state index contributed by atoms with van der Waals surface area (Å²) in [6.07, 6.45) is 5.44. The van der Waals surface area contributed by atoms with E-state index < -0.39 is 9.84 Å². The second kappa shape index (κ2) is 7.49. The molecule has 0 aliphatic heterocycles. The molecule has 0 bridgehead atoms. The number of rotatable bonds is 8. The van der Waals surface area contributed by atoms with Gasteiger partial charge < -0.3 is 5.32 Å². The van der Waals surface area contributed by atoms with Gasteiger partial charge in [0.05, 0.1) is 11.5 Å². The third kappa shape index (κ3) is 5.27. The van der Waals surface area contributed by atoms with Crippen LogP contribution in [0.25, 0.3) is 0 Å². The third-order valence-electron chi connectivity index (χ3n) is 4.16. The molecule has 18 heavy (non-hydrogen) atoms. The smallest absolute Gasteiger partial charge is 0.150 e. The highest BCUT2D eigenvalue weighted by molar-refractivity contribution is 7.91. The monoisotopic (exact) mass is 275 g/mol. The summed E-state index contributed by atoms with van der Waals surface area (Å²) in [5.74, 6) is 1.60. The Balaban J connectivity index is 2.39. The quantitative estimate of drug-likeness (QED) is 0.740. The molecule has 1 saturated carbocycles. The topological polar surface area (TPSA) is 46.2 Å². The first-order valence-corrected chi connectivity index (χ1v) is 9.24. The maximum atomic E-state index is 12.0. The molecule has 0 aromatic heterocycles. The molecular weight excluding hydrogens is 246 g/mol. The first-order valence-electron chi connectivity index (χ1n) is 7.42. The van der Waals surface area contributed by atoms with Gasteiger partial charge in [0.25, 0.3) is 0 Å². The highest BCUT2D eigenvalue weighted by atomic mass is 32.2. The lowest BCUT2D eigenvalue weighted by Gasteiger charge is -2.20. The molecule has 3 atom stereocenters. The predicted molar refractivity (Wildman–Crippen MR) is 77.5 cm³/mol. The molecule has 0 aromatic carbocycles. The van der Waals surface area contributed by atoms with Crippen LogP contribution in [0.1, 0.15) is 52.9 Å². The van der Waals surface area contributed by atoms with Crippen LogP contribution in [-0.2, 0) is 9.84 Å². The average molecular weight is 275 g/mol. The Morgan fingerprint density at radius 3 is 2.61 bits per heavy atom. The van der Waals surface area contributed by atoms with Crippen molar-refractivity contribution in [1.82, 2.24) is 5.32 Å². The van der Waals surface area contributed by atoms with Gasteiger partial charge in [0.15, 0.2) is 9.84 Å². The molecule has 0 heterocycles. The highest BCUT2D eigenvalue weighted by Gasteiger charge is 2.27. The molecule has 1 fully saturated rings. The van der Waals surface area contributed by atoms with E-state index in [1.807, 2.05) is 6.92 Å². The fourth-order valence-electron chi connectivity index (χ4n) is 2.88. The van der Waals surface area contributed by atoms with Crippen LogP contribution >= 0.6 is 0 Å². The van der Waals surface area contributed by atoms with Crippen LogP contribution in [-0.4, -0.2) is 32.5 Å². The second-order valence-corrected chi connectivity index (χ2v) is 8.00. The number of hydrogen-bond acceptors (Lipinski definition) is 3. The molecule has 1 N–H and O–H groups in total. The molecular formula is C14H29NO2S. The minimum atomic E-state index is -2.85. The van der Waals surface area contributed by atoms with Crippen molar-refractivity contribution < 1.29 is 8.42 Å². The van der Waals surface area contributed by atoms with Crippen molar-refractivity contribution in [2.45, 2.75) is 58.9 Å². The molecule has 4 heteroatoms. The summed E-state index contributed by atoms with van der Waals surface area (Å²) in [6.45, 7) is 7.18. The molecule has 3 unspecified atom stereocenters. The van der Waals surface area contributed by atoms with Crippen molar-refractivity contribution in [2.24, 2.45) is 11.8 Å². The van der Waals surface area contributed by atoms with Crippen molar-refractivity contribution in [2.75, 3.05) is 18.1 Å². The van der Waals surface area contributed by atoms with Crippen LogP contribution in [0.4, 0.5) is 0 Å². The van der Waals surface area contributed by atoms with E-state index in [0.29, 0.717) is 29.4 Å². The molecule has 0 amide bonds. The van der Waals surface area contributed by atoms with E-state index in [2.05, 4.69) is 19.2 Å². The minimum absolute atomic E-state index is 0.295. The maximum Gasteiger partial charge on any atom is 0.150 e. The molecule has 0 spiro atoms. The van der Waals surface area contributed by atoms with Crippen molar-refractivity contribution in [3.05, 3.63) is 0 Å². The normalized spacial score (nSPS) is 26.4. The first-order chi connectivity index (χ1) is 8.48. The Bertz CT molecular complexity index is 327. The standard InChI is InChI=1S/C14H29NO2S/c1-4-12(3)11-18(16,17)10-9-13-7-6-8-14(13)15-5-2/h12-15H,4-11H2,1-3H3. The summed E-state index contributed by atoms with van der Waals surface area (Å²) in [5.41, 5.74) is 0. The molecule has 0 aromatic rings. The highest BCUT2D eigenvalue weighted by Crippen LogP contribution is 2.29. The zero-order chi connectivity index (χ0) is 13.6. The van der Waals surface area contributed by atoms with E-state index in [9.17, 15) is 8.42 Å². The molecule has 3 nitrogen and oxygen atoms in total. The van der Waals surface area contributed by atoms with Gasteiger partial charge in [-0.15, -0.1) is 0 Å². The van der Waals surface area contributed by atoms with Gasteiger partial charge in [0.2, 0.25) is 0 Å². The van der Waals surface area contributed by atoms with Gasteiger partial charge in [0, 0.05) is 6.04 Å². The molecule has 1 rings (SSSR count). The Kier molecular flexibility index (Phi) is 6.64. The molecule has 1 aliphatic carbocycles. The molecule has 0 radical (unpaired) electrons. The lowest BCUT2D eigenvalue weighted by Crippen LogP contribution is -2.33. The second-order valence-electron chi connectivity index (χ2n) is 5.77. The minimum Gasteiger partial charge on any atom is -0.314 e. The van der Waals surface area contributed by atoms with Gasteiger partial charge in [-0.1, -0.05) is 33.6 Å². The summed E-state index contributed by atoms with van der Waals surface area (Å²) >= 11 is 0. The Morgan fingerprint density at radius 1 is 1.28 bits per heavy atom. The van der Waals surface area contributed by atoms with E-state index in [1.165, 1.54) is 19.3 Å². The summed E-state index contributed by atoms with van der Waals surface area (Å²) < 4.78 is 24.0. The van der Waals surface area contributed by atoms with Crippen LogP contribution in [0.2, 0.25) is 0 Å². The van der Waals surface area contributed by atoms with Gasteiger partial charge >= 0.3 is 0 Å². The van der Waals surface area contributed by atoms with Gasteiger partial charge in [0.1, 0.15) is 0 Å². The first kappa shape index (κ1) is 16.0. The summed E-state index contributed by atoms with van der Waals surface area (Å²) in [5, 5.41) is 3.49. The fourth-order valence-corrected chi connectivity index (χ4v) is 4.81. The van der Waals surface area contributed by atoms with Crippen molar-refractivity contribution in [1.29, 1.82) is 0 Å². The Hall–Kier alpha value is -0.0900. The SMILES string of the molecule is CCNC1CCCC1CCS(=O)(=O)CC(C)CC. The van der Waals surface area contributed by atoms with Gasteiger partial charge in [-0.3, -0.25) is 0 Å². The van der Waals surface area contributed by atoms with Gasteiger partial charge in [-0.25, -0.2) is 8.42 Å². The van der Waals surface area contributed by atoms with Crippen molar-refractivity contribution in [3.8, 4) is 0 Å². The zero-order valence-electron chi connectivity index (χ0n) is 12.1. The summed E-state index contributed by atoms with van der Waals surface area (Å²) in [7, 11) is -2.85. The van der Waals surface area contributed by atoms with E-state index in [-0.39, 0.29) is 0 Å². The van der Waals surface area contributed by atoms with Crippen molar-refractivity contribution in [3.63, 3.8) is 0 Å². The van der Waals surface area contributed by atoms with Crippen LogP contribution in [0.5, 0.6) is 0 Å². The number of sulfone groups is 1. The Morgan fingerprint density at radius 2 is 2.00 bits per heavy atom. The van der Waals surface area contributed by atoms with Crippen LogP contribution in [0.3, 0.4) is 0 Å². The van der Waals surface area contributed by atoms with E-state index in [1.54, 1.807) is 0 Å². The average Bonchev–Trinajstić information content (AvgIpc) is 2.74. The van der Waals surface area contributed by atoms with E-state index in [0.717, 1.165) is 19.4 Å². The largest absolute Gasteiger partial charge is 0.314 e. The predicted octanol–water partition coefficient (Wildman–Crippen LogP) is 2.62. The third-order valence-corrected chi connectivity index (χ3v) is 6.10. The molecule has 0 saturated heterocycles. The number of hydrogen-bond donors (Lipinski definition) is 1.